The largest absolute Gasteiger partial charge is 0.455 e. The summed E-state index contributed by atoms with van der Waals surface area (Å²) in [6, 6.07) is 0. The van der Waals surface area contributed by atoms with E-state index in [9.17, 15) is 9.59 Å². The number of hydrogen-bond acceptors (Lipinski definition) is 7. The zero-order valence-electron chi connectivity index (χ0n) is 15.1. The Balaban J connectivity index is 1.52. The van der Waals surface area contributed by atoms with E-state index in [-0.39, 0.29) is 18.3 Å². The zero-order valence-corrected chi connectivity index (χ0v) is 16.8. The van der Waals surface area contributed by atoms with Gasteiger partial charge < -0.3 is 9.64 Å². The van der Waals surface area contributed by atoms with Crippen molar-refractivity contribution in [1.82, 2.24) is 14.9 Å². The molecule has 1 amide bonds. The van der Waals surface area contributed by atoms with Gasteiger partial charge in [-0.1, -0.05) is 24.6 Å². The predicted molar refractivity (Wildman–Crippen MR) is 104 cm³/mol. The first-order chi connectivity index (χ1) is 12.6. The van der Waals surface area contributed by atoms with Gasteiger partial charge in [-0.25, -0.2) is 9.97 Å². The highest BCUT2D eigenvalue weighted by Gasteiger charge is 2.18. The van der Waals surface area contributed by atoms with E-state index in [1.807, 2.05) is 6.92 Å². The number of aromatic nitrogens is 2. The van der Waals surface area contributed by atoms with Gasteiger partial charge >= 0.3 is 5.97 Å². The van der Waals surface area contributed by atoms with Crippen molar-refractivity contribution in [1.29, 1.82) is 0 Å². The molecule has 1 saturated heterocycles. The first kappa shape index (κ1) is 19.1. The van der Waals surface area contributed by atoms with Gasteiger partial charge in [-0.15, -0.1) is 11.3 Å². The van der Waals surface area contributed by atoms with Crippen molar-refractivity contribution < 1.29 is 14.3 Å². The number of hydrogen-bond donors (Lipinski definition) is 0. The molecule has 6 nitrogen and oxygen atoms in total. The number of thiophene rings is 1. The molecule has 1 aliphatic rings. The summed E-state index contributed by atoms with van der Waals surface area (Å²) in [5.41, 5.74) is 1.15. The van der Waals surface area contributed by atoms with Gasteiger partial charge in [-0.05, 0) is 32.3 Å². The van der Waals surface area contributed by atoms with Crippen LogP contribution in [0.25, 0.3) is 10.2 Å². The van der Waals surface area contributed by atoms with Gasteiger partial charge in [-0.2, -0.15) is 0 Å². The molecular weight excluding hydrogens is 370 g/mol. The first-order valence-electron chi connectivity index (χ1n) is 8.83. The van der Waals surface area contributed by atoms with Crippen LogP contribution in [0.4, 0.5) is 0 Å². The number of aryl methyl sites for hydroxylation is 2. The first-order valence-corrected chi connectivity index (χ1v) is 10.6. The number of ether oxygens (including phenoxy) is 1. The summed E-state index contributed by atoms with van der Waals surface area (Å²) >= 11 is 2.96. The summed E-state index contributed by atoms with van der Waals surface area (Å²) < 4.78 is 5.18. The third kappa shape index (κ3) is 4.54. The molecule has 0 saturated carbocycles. The number of esters is 1. The minimum Gasteiger partial charge on any atom is -0.455 e. The third-order valence-electron chi connectivity index (χ3n) is 4.57. The number of rotatable bonds is 5. The summed E-state index contributed by atoms with van der Waals surface area (Å²) in [4.78, 5) is 36.8. The molecule has 0 atom stereocenters. The van der Waals surface area contributed by atoms with Crippen molar-refractivity contribution in [2.75, 3.05) is 25.4 Å². The quantitative estimate of drug-likeness (QED) is 0.441. The van der Waals surface area contributed by atoms with Crippen LogP contribution in [0.2, 0.25) is 0 Å². The van der Waals surface area contributed by atoms with Crippen LogP contribution < -0.4 is 0 Å². The van der Waals surface area contributed by atoms with Crippen molar-refractivity contribution in [3.63, 3.8) is 0 Å². The Bertz CT molecular complexity index is 798. The molecule has 0 bridgehead atoms. The van der Waals surface area contributed by atoms with Crippen LogP contribution in [0.1, 0.15) is 36.1 Å². The standard InChI is InChI=1S/C18H23N3O3S2/c1-12-13(2)26-18-16(12)17(19-11-20-18)25-10-15(23)24-9-14(22)21-7-5-3-4-6-8-21/h11H,3-10H2,1-2H3. The van der Waals surface area contributed by atoms with E-state index in [1.165, 1.54) is 23.0 Å². The molecule has 1 aliphatic heterocycles. The van der Waals surface area contributed by atoms with Crippen LogP contribution in [-0.4, -0.2) is 52.2 Å². The van der Waals surface area contributed by atoms with Crippen LogP contribution in [0.3, 0.4) is 0 Å². The average Bonchev–Trinajstić information content (AvgIpc) is 2.84. The lowest BCUT2D eigenvalue weighted by Gasteiger charge is -2.19. The molecule has 3 rings (SSSR count). The van der Waals surface area contributed by atoms with Gasteiger partial charge in [0.15, 0.2) is 6.61 Å². The van der Waals surface area contributed by atoms with Crippen molar-refractivity contribution in [3.8, 4) is 0 Å². The molecule has 2 aromatic heterocycles. The van der Waals surface area contributed by atoms with Gasteiger partial charge in [-0.3, -0.25) is 9.59 Å². The van der Waals surface area contributed by atoms with E-state index in [4.69, 9.17) is 4.74 Å². The second-order valence-electron chi connectivity index (χ2n) is 6.39. The second-order valence-corrected chi connectivity index (χ2v) is 8.55. The average molecular weight is 394 g/mol. The monoisotopic (exact) mass is 393 g/mol. The maximum Gasteiger partial charge on any atom is 0.316 e. The SMILES string of the molecule is Cc1sc2ncnc(SCC(=O)OCC(=O)N3CCCCCC3)c2c1C. The molecule has 2 aromatic rings. The van der Waals surface area contributed by atoms with Gasteiger partial charge in [0.05, 0.1) is 5.75 Å². The normalized spacial score (nSPS) is 15.1. The van der Waals surface area contributed by atoms with Crippen LogP contribution in [0.15, 0.2) is 11.4 Å². The van der Waals surface area contributed by atoms with Crippen molar-refractivity contribution in [2.45, 2.75) is 44.6 Å². The molecule has 0 spiro atoms. The van der Waals surface area contributed by atoms with Gasteiger partial charge in [0.2, 0.25) is 0 Å². The zero-order chi connectivity index (χ0) is 18.5. The molecule has 0 aromatic carbocycles. The lowest BCUT2D eigenvalue weighted by molar-refractivity contribution is -0.149. The number of nitrogens with zero attached hydrogens (tertiary/aromatic N) is 3. The topological polar surface area (TPSA) is 72.4 Å². The van der Waals surface area contributed by atoms with E-state index < -0.39 is 5.97 Å². The molecular formula is C18H23N3O3S2. The second kappa shape index (κ2) is 8.81. The van der Waals surface area contributed by atoms with E-state index >= 15 is 0 Å². The highest BCUT2D eigenvalue weighted by atomic mass is 32.2. The Kier molecular flexibility index (Phi) is 6.48. The summed E-state index contributed by atoms with van der Waals surface area (Å²) in [6.45, 7) is 5.45. The van der Waals surface area contributed by atoms with E-state index in [2.05, 4.69) is 16.9 Å². The van der Waals surface area contributed by atoms with Crippen LogP contribution in [0, 0.1) is 13.8 Å². The number of carbonyl (C=O) groups excluding carboxylic acids is 2. The Labute approximate surface area is 161 Å². The number of amides is 1. The number of carbonyl (C=O) groups is 2. The maximum absolute atomic E-state index is 12.2. The summed E-state index contributed by atoms with van der Waals surface area (Å²) in [5.74, 6) is -0.359. The molecule has 8 heteroatoms. The molecule has 3 heterocycles. The van der Waals surface area contributed by atoms with E-state index in [0.29, 0.717) is 0 Å². The molecule has 0 radical (unpaired) electrons. The van der Waals surface area contributed by atoms with Gasteiger partial charge in [0, 0.05) is 23.4 Å². The molecule has 0 unspecified atom stereocenters. The summed E-state index contributed by atoms with van der Waals surface area (Å²) in [7, 11) is 0. The number of thioether (sulfide) groups is 1. The predicted octanol–water partition coefficient (Wildman–Crippen LogP) is 3.35. The third-order valence-corrected chi connectivity index (χ3v) is 6.65. The minimum absolute atomic E-state index is 0.0982. The smallest absolute Gasteiger partial charge is 0.316 e. The Morgan fingerprint density at radius 3 is 2.65 bits per heavy atom. The molecule has 1 fully saturated rings. The number of likely N-dealkylation sites (tertiary alicyclic amines) is 1. The fraction of sp³-hybridized carbons (Fsp3) is 0.556. The van der Waals surface area contributed by atoms with E-state index in [1.54, 1.807) is 16.2 Å². The maximum atomic E-state index is 12.2. The Hall–Kier alpha value is -1.67. The van der Waals surface area contributed by atoms with Gasteiger partial charge in [0.25, 0.3) is 5.91 Å². The fourth-order valence-electron chi connectivity index (χ4n) is 2.98. The highest BCUT2D eigenvalue weighted by molar-refractivity contribution is 8.00. The highest BCUT2D eigenvalue weighted by Crippen LogP contribution is 2.34. The van der Waals surface area contributed by atoms with Crippen LogP contribution in [-0.2, 0) is 14.3 Å². The molecule has 0 aliphatic carbocycles. The van der Waals surface area contributed by atoms with Crippen molar-refractivity contribution in [3.05, 3.63) is 16.8 Å². The summed E-state index contributed by atoms with van der Waals surface area (Å²) in [5, 5.41) is 1.79. The summed E-state index contributed by atoms with van der Waals surface area (Å²) in [6.07, 6.45) is 5.90. The van der Waals surface area contributed by atoms with Crippen LogP contribution >= 0.6 is 23.1 Å². The minimum atomic E-state index is -0.394. The molecule has 0 N–H and O–H groups in total. The van der Waals surface area contributed by atoms with Crippen molar-refractivity contribution in [2.24, 2.45) is 0 Å². The van der Waals surface area contributed by atoms with Gasteiger partial charge in [0.1, 0.15) is 16.2 Å². The molecule has 140 valence electrons. The Morgan fingerprint density at radius 1 is 1.19 bits per heavy atom. The lowest BCUT2D eigenvalue weighted by Crippen LogP contribution is -2.35. The Morgan fingerprint density at radius 2 is 1.92 bits per heavy atom. The fourth-order valence-corrected chi connectivity index (χ4v) is 4.90. The number of fused-ring (bicyclic) bond motifs is 1. The van der Waals surface area contributed by atoms with Crippen LogP contribution in [0.5, 0.6) is 0 Å². The van der Waals surface area contributed by atoms with Crippen molar-refractivity contribution >= 4 is 45.2 Å². The molecule has 26 heavy (non-hydrogen) atoms. The van der Waals surface area contributed by atoms with E-state index in [0.717, 1.165) is 59.6 Å². The lowest BCUT2D eigenvalue weighted by atomic mass is 10.2.